The molecule has 1 atom stereocenters. The molecule has 0 radical (unpaired) electrons. The fourth-order valence-corrected chi connectivity index (χ4v) is 2.71. The molecule has 3 heteroatoms. The molecule has 0 bridgehead atoms. The summed E-state index contributed by atoms with van der Waals surface area (Å²) < 4.78 is 5.80. The minimum absolute atomic E-state index is 0.137. The summed E-state index contributed by atoms with van der Waals surface area (Å²) >= 11 is 0. The van der Waals surface area contributed by atoms with Crippen LogP contribution in [0, 0.1) is 6.92 Å². The van der Waals surface area contributed by atoms with Crippen molar-refractivity contribution in [1.82, 2.24) is 5.32 Å². The summed E-state index contributed by atoms with van der Waals surface area (Å²) in [5.41, 5.74) is 4.21. The van der Waals surface area contributed by atoms with Crippen LogP contribution in [0.5, 0.6) is 0 Å². The van der Waals surface area contributed by atoms with Crippen LogP contribution in [0.3, 0.4) is 0 Å². The number of morpholine rings is 1. The van der Waals surface area contributed by atoms with Gasteiger partial charge in [-0.1, -0.05) is 24.6 Å². The fourth-order valence-electron chi connectivity index (χ4n) is 2.71. The Labute approximate surface area is 129 Å². The number of aryl methyl sites for hydroxylation is 1. The number of anilines is 1. The highest BCUT2D eigenvalue weighted by Gasteiger charge is 2.21. The van der Waals surface area contributed by atoms with Gasteiger partial charge >= 0.3 is 0 Å². The van der Waals surface area contributed by atoms with Gasteiger partial charge in [0.2, 0.25) is 0 Å². The van der Waals surface area contributed by atoms with E-state index in [0.29, 0.717) is 6.10 Å². The normalized spacial score (nSPS) is 19.9. The van der Waals surface area contributed by atoms with Crippen molar-refractivity contribution in [2.24, 2.45) is 0 Å². The minimum Gasteiger partial charge on any atom is -0.375 e. The van der Waals surface area contributed by atoms with E-state index in [1.807, 2.05) is 0 Å². The molecule has 1 aromatic carbocycles. The maximum absolute atomic E-state index is 5.80. The van der Waals surface area contributed by atoms with Crippen LogP contribution in [-0.4, -0.2) is 31.3 Å². The van der Waals surface area contributed by atoms with Gasteiger partial charge in [-0.3, -0.25) is 0 Å². The molecule has 0 aromatic heterocycles. The number of nitrogens with one attached hydrogen (secondary N) is 1. The van der Waals surface area contributed by atoms with Gasteiger partial charge in [0.05, 0.1) is 12.7 Å². The summed E-state index contributed by atoms with van der Waals surface area (Å²) in [5, 5.41) is 3.61. The molecular weight excluding hydrogens is 260 g/mol. The highest BCUT2D eigenvalue weighted by Crippen LogP contribution is 2.25. The summed E-state index contributed by atoms with van der Waals surface area (Å²) in [6, 6.07) is 6.80. The molecule has 1 aliphatic heterocycles. The molecule has 1 fully saturated rings. The van der Waals surface area contributed by atoms with Gasteiger partial charge in [0.15, 0.2) is 0 Å². The van der Waals surface area contributed by atoms with E-state index >= 15 is 0 Å². The Kier molecular flexibility index (Phi) is 5.28. The monoisotopic (exact) mass is 290 g/mol. The molecule has 21 heavy (non-hydrogen) atoms. The van der Waals surface area contributed by atoms with Crippen LogP contribution in [0.25, 0.3) is 0 Å². The van der Waals surface area contributed by atoms with Gasteiger partial charge in [-0.05, 0) is 45.7 Å². The lowest BCUT2D eigenvalue weighted by atomic mass is 10.0. The van der Waals surface area contributed by atoms with Gasteiger partial charge in [-0.25, -0.2) is 0 Å². The number of hydrogen-bond donors (Lipinski definition) is 1. The summed E-state index contributed by atoms with van der Waals surface area (Å²) in [4.78, 5) is 2.48. The van der Waals surface area contributed by atoms with Crippen LogP contribution < -0.4 is 10.2 Å². The van der Waals surface area contributed by atoms with Crippen LogP contribution in [-0.2, 0) is 11.3 Å². The van der Waals surface area contributed by atoms with E-state index in [1.54, 1.807) is 0 Å². The van der Waals surface area contributed by atoms with Crippen molar-refractivity contribution in [2.45, 2.75) is 59.2 Å². The Balaban J connectivity index is 2.17. The summed E-state index contributed by atoms with van der Waals surface area (Å²) in [5.74, 6) is 0. The molecular formula is C18H30N2O. The first kappa shape index (κ1) is 16.3. The lowest BCUT2D eigenvalue weighted by molar-refractivity contribution is 0.0384. The Morgan fingerprint density at radius 1 is 1.33 bits per heavy atom. The van der Waals surface area contributed by atoms with Gasteiger partial charge in [0, 0.05) is 30.9 Å². The quantitative estimate of drug-likeness (QED) is 0.918. The van der Waals surface area contributed by atoms with Crippen LogP contribution in [0.1, 0.15) is 45.2 Å². The van der Waals surface area contributed by atoms with Crippen molar-refractivity contribution < 1.29 is 4.74 Å². The smallest absolute Gasteiger partial charge is 0.0748 e. The highest BCUT2D eigenvalue weighted by molar-refractivity contribution is 5.55. The third-order valence-electron chi connectivity index (χ3n) is 3.98. The van der Waals surface area contributed by atoms with Gasteiger partial charge in [0.1, 0.15) is 0 Å². The van der Waals surface area contributed by atoms with E-state index in [4.69, 9.17) is 4.74 Å². The number of hydrogen-bond acceptors (Lipinski definition) is 3. The van der Waals surface area contributed by atoms with Crippen molar-refractivity contribution in [1.29, 1.82) is 0 Å². The third kappa shape index (κ3) is 4.72. The molecule has 0 aliphatic carbocycles. The van der Waals surface area contributed by atoms with Gasteiger partial charge < -0.3 is 15.0 Å². The van der Waals surface area contributed by atoms with Gasteiger partial charge in [0.25, 0.3) is 0 Å². The second kappa shape index (κ2) is 6.80. The molecule has 1 aromatic rings. The van der Waals surface area contributed by atoms with Crippen molar-refractivity contribution in [3.8, 4) is 0 Å². The molecule has 1 aliphatic rings. The molecule has 1 N–H and O–H groups in total. The second-order valence-corrected chi connectivity index (χ2v) is 7.08. The molecule has 1 saturated heterocycles. The Morgan fingerprint density at radius 3 is 2.76 bits per heavy atom. The van der Waals surface area contributed by atoms with E-state index in [2.05, 4.69) is 63.0 Å². The second-order valence-electron chi connectivity index (χ2n) is 7.08. The summed E-state index contributed by atoms with van der Waals surface area (Å²) in [6.07, 6.45) is 1.45. The number of benzene rings is 1. The Bertz CT molecular complexity index is 465. The van der Waals surface area contributed by atoms with Crippen molar-refractivity contribution in [3.63, 3.8) is 0 Å². The van der Waals surface area contributed by atoms with E-state index in [1.165, 1.54) is 16.8 Å². The standard InChI is InChI=1S/C18H30N2O/c1-6-16-13-20(9-10-21-16)17-8-7-14(2)11-15(17)12-19-18(3,4)5/h7-8,11,16,19H,6,9-10,12-13H2,1-5H3. The maximum Gasteiger partial charge on any atom is 0.0748 e. The predicted octanol–water partition coefficient (Wildman–Crippen LogP) is 3.50. The first-order chi connectivity index (χ1) is 9.89. The van der Waals surface area contributed by atoms with Gasteiger partial charge in [-0.2, -0.15) is 0 Å². The van der Waals surface area contributed by atoms with E-state index in [9.17, 15) is 0 Å². The molecule has 0 spiro atoms. The van der Waals surface area contributed by atoms with Crippen LogP contribution in [0.4, 0.5) is 5.69 Å². The van der Waals surface area contributed by atoms with Crippen molar-refractivity contribution in [3.05, 3.63) is 29.3 Å². The first-order valence-corrected chi connectivity index (χ1v) is 8.10. The molecule has 0 amide bonds. The van der Waals surface area contributed by atoms with Crippen molar-refractivity contribution >= 4 is 5.69 Å². The zero-order chi connectivity index (χ0) is 15.5. The lowest BCUT2D eigenvalue weighted by Gasteiger charge is -2.36. The minimum atomic E-state index is 0.137. The largest absolute Gasteiger partial charge is 0.375 e. The van der Waals surface area contributed by atoms with Crippen LogP contribution in [0.15, 0.2) is 18.2 Å². The molecule has 0 saturated carbocycles. The molecule has 118 valence electrons. The van der Waals surface area contributed by atoms with Gasteiger partial charge in [-0.15, -0.1) is 0 Å². The Hall–Kier alpha value is -1.06. The van der Waals surface area contributed by atoms with Crippen molar-refractivity contribution in [2.75, 3.05) is 24.6 Å². The Morgan fingerprint density at radius 2 is 2.10 bits per heavy atom. The zero-order valence-electron chi connectivity index (χ0n) is 14.2. The van der Waals surface area contributed by atoms with E-state index in [0.717, 1.165) is 32.7 Å². The van der Waals surface area contributed by atoms with Crippen LogP contribution in [0.2, 0.25) is 0 Å². The molecule has 1 unspecified atom stereocenters. The topological polar surface area (TPSA) is 24.5 Å². The van der Waals surface area contributed by atoms with Crippen LogP contribution >= 0.6 is 0 Å². The highest BCUT2D eigenvalue weighted by atomic mass is 16.5. The first-order valence-electron chi connectivity index (χ1n) is 8.10. The fraction of sp³-hybridized carbons (Fsp3) is 0.667. The van der Waals surface area contributed by atoms with E-state index in [-0.39, 0.29) is 5.54 Å². The number of ether oxygens (including phenoxy) is 1. The molecule has 2 rings (SSSR count). The summed E-state index contributed by atoms with van der Waals surface area (Å²) in [6.45, 7) is 14.7. The summed E-state index contributed by atoms with van der Waals surface area (Å²) in [7, 11) is 0. The number of rotatable bonds is 4. The maximum atomic E-state index is 5.80. The SMILES string of the molecule is CCC1CN(c2ccc(C)cc2CNC(C)(C)C)CCO1. The molecule has 1 heterocycles. The third-order valence-corrected chi connectivity index (χ3v) is 3.98. The predicted molar refractivity (Wildman–Crippen MR) is 90.0 cm³/mol. The zero-order valence-corrected chi connectivity index (χ0v) is 14.2. The molecule has 3 nitrogen and oxygen atoms in total. The average Bonchev–Trinajstić information content (AvgIpc) is 2.44. The average molecular weight is 290 g/mol. The van der Waals surface area contributed by atoms with E-state index < -0.39 is 0 Å². The lowest BCUT2D eigenvalue weighted by Crippen LogP contribution is -2.43. The number of nitrogens with zero attached hydrogens (tertiary/aromatic N) is 1.